The van der Waals surface area contributed by atoms with Gasteiger partial charge in [-0.25, -0.2) is 0 Å². The van der Waals surface area contributed by atoms with Crippen LogP contribution in [-0.4, -0.2) is 4.98 Å². The lowest BCUT2D eigenvalue weighted by atomic mass is 9.84. The van der Waals surface area contributed by atoms with Crippen LogP contribution in [0.1, 0.15) is 31.0 Å². The van der Waals surface area contributed by atoms with Gasteiger partial charge in [-0.1, -0.05) is 26.0 Å². The van der Waals surface area contributed by atoms with E-state index < -0.39 is 0 Å². The summed E-state index contributed by atoms with van der Waals surface area (Å²) in [6.07, 6.45) is 6.21. The molecule has 1 heteroatoms. The van der Waals surface area contributed by atoms with Crippen molar-refractivity contribution in [3.05, 3.63) is 35.7 Å². The quantitative estimate of drug-likeness (QED) is 0.567. The SMILES string of the molecule is C[C@H]1C=Cc2ncccc2[C@@H]1C. The van der Waals surface area contributed by atoms with Crippen molar-refractivity contribution in [1.29, 1.82) is 0 Å². The molecule has 1 aliphatic rings. The molecule has 0 radical (unpaired) electrons. The number of allylic oxidation sites excluding steroid dienone is 1. The molecule has 2 rings (SSSR count). The number of hydrogen-bond acceptors (Lipinski definition) is 1. The lowest BCUT2D eigenvalue weighted by Crippen LogP contribution is -2.09. The molecule has 0 aliphatic heterocycles. The minimum atomic E-state index is 0.610. The van der Waals surface area contributed by atoms with E-state index in [1.54, 1.807) is 0 Å². The Hall–Kier alpha value is -1.11. The molecule has 1 nitrogen and oxygen atoms in total. The van der Waals surface area contributed by atoms with Crippen LogP contribution in [0.25, 0.3) is 6.08 Å². The topological polar surface area (TPSA) is 12.9 Å². The summed E-state index contributed by atoms with van der Waals surface area (Å²) in [5, 5.41) is 0. The van der Waals surface area contributed by atoms with E-state index in [1.165, 1.54) is 5.56 Å². The molecular formula is C11H13N. The molecule has 1 aliphatic carbocycles. The first-order valence-electron chi connectivity index (χ1n) is 4.42. The molecule has 0 N–H and O–H groups in total. The summed E-state index contributed by atoms with van der Waals surface area (Å²) in [4.78, 5) is 4.32. The summed E-state index contributed by atoms with van der Waals surface area (Å²) in [5.41, 5.74) is 2.52. The predicted molar refractivity (Wildman–Crippen MR) is 50.9 cm³/mol. The zero-order chi connectivity index (χ0) is 8.55. The molecular weight excluding hydrogens is 146 g/mol. The number of nitrogens with zero attached hydrogens (tertiary/aromatic N) is 1. The number of fused-ring (bicyclic) bond motifs is 1. The van der Waals surface area contributed by atoms with Crippen LogP contribution in [0.5, 0.6) is 0 Å². The third-order valence-electron chi connectivity index (χ3n) is 2.71. The molecule has 0 saturated heterocycles. The Labute approximate surface area is 73.1 Å². The monoisotopic (exact) mass is 159 g/mol. The Bertz CT molecular complexity index is 315. The van der Waals surface area contributed by atoms with E-state index in [4.69, 9.17) is 0 Å². The van der Waals surface area contributed by atoms with Gasteiger partial charge in [0.05, 0.1) is 5.69 Å². The van der Waals surface area contributed by atoms with Crippen LogP contribution < -0.4 is 0 Å². The van der Waals surface area contributed by atoms with E-state index in [0.717, 1.165) is 5.69 Å². The second-order valence-corrected chi connectivity index (χ2v) is 3.48. The van der Waals surface area contributed by atoms with Crippen molar-refractivity contribution >= 4 is 6.08 Å². The Morgan fingerprint density at radius 2 is 2.17 bits per heavy atom. The maximum atomic E-state index is 4.32. The van der Waals surface area contributed by atoms with Crippen molar-refractivity contribution in [1.82, 2.24) is 4.98 Å². The molecule has 0 aromatic carbocycles. The van der Waals surface area contributed by atoms with Crippen LogP contribution in [0, 0.1) is 5.92 Å². The summed E-state index contributed by atoms with van der Waals surface area (Å²) in [5.74, 6) is 1.25. The van der Waals surface area contributed by atoms with Gasteiger partial charge in [0.25, 0.3) is 0 Å². The van der Waals surface area contributed by atoms with Crippen LogP contribution >= 0.6 is 0 Å². The molecule has 62 valence electrons. The summed E-state index contributed by atoms with van der Waals surface area (Å²) >= 11 is 0. The second-order valence-electron chi connectivity index (χ2n) is 3.48. The van der Waals surface area contributed by atoms with Gasteiger partial charge < -0.3 is 0 Å². The van der Waals surface area contributed by atoms with Crippen molar-refractivity contribution in [2.75, 3.05) is 0 Å². The van der Waals surface area contributed by atoms with Gasteiger partial charge in [-0.3, -0.25) is 4.98 Å². The van der Waals surface area contributed by atoms with Crippen LogP contribution in [0.4, 0.5) is 0 Å². The van der Waals surface area contributed by atoms with Gasteiger partial charge in [-0.15, -0.1) is 0 Å². The van der Waals surface area contributed by atoms with Crippen LogP contribution in [0.15, 0.2) is 24.4 Å². The predicted octanol–water partition coefficient (Wildman–Crippen LogP) is 2.85. The van der Waals surface area contributed by atoms with Crippen molar-refractivity contribution < 1.29 is 0 Å². The van der Waals surface area contributed by atoms with Gasteiger partial charge >= 0.3 is 0 Å². The Kier molecular flexibility index (Phi) is 1.72. The van der Waals surface area contributed by atoms with Crippen molar-refractivity contribution in [3.63, 3.8) is 0 Å². The zero-order valence-corrected chi connectivity index (χ0v) is 7.49. The van der Waals surface area contributed by atoms with Gasteiger partial charge in [0.1, 0.15) is 0 Å². The highest BCUT2D eigenvalue weighted by atomic mass is 14.7. The van der Waals surface area contributed by atoms with Crippen molar-refractivity contribution in [3.8, 4) is 0 Å². The number of pyridine rings is 1. The van der Waals surface area contributed by atoms with E-state index in [2.05, 4.69) is 37.0 Å². The molecule has 0 amide bonds. The fourth-order valence-corrected chi connectivity index (χ4v) is 1.65. The minimum absolute atomic E-state index is 0.610. The highest BCUT2D eigenvalue weighted by molar-refractivity contribution is 5.53. The average molecular weight is 159 g/mol. The maximum absolute atomic E-state index is 4.32. The Morgan fingerprint density at radius 3 is 3.00 bits per heavy atom. The summed E-state index contributed by atoms with van der Waals surface area (Å²) in [6.45, 7) is 4.51. The third kappa shape index (κ3) is 1.06. The minimum Gasteiger partial charge on any atom is -0.257 e. The molecule has 2 atom stereocenters. The molecule has 0 unspecified atom stereocenters. The normalized spacial score (nSPS) is 26.8. The van der Waals surface area contributed by atoms with E-state index in [1.807, 2.05) is 12.3 Å². The fraction of sp³-hybridized carbons (Fsp3) is 0.364. The molecule has 0 fully saturated rings. The molecule has 1 aromatic rings. The van der Waals surface area contributed by atoms with Gasteiger partial charge in [0, 0.05) is 6.20 Å². The van der Waals surface area contributed by atoms with Crippen LogP contribution in [0.2, 0.25) is 0 Å². The molecule has 0 saturated carbocycles. The lowest BCUT2D eigenvalue weighted by molar-refractivity contribution is 0.583. The zero-order valence-electron chi connectivity index (χ0n) is 7.49. The van der Waals surface area contributed by atoms with Crippen LogP contribution in [0.3, 0.4) is 0 Å². The maximum Gasteiger partial charge on any atom is 0.0661 e. The molecule has 1 aromatic heterocycles. The van der Waals surface area contributed by atoms with Gasteiger partial charge in [-0.2, -0.15) is 0 Å². The molecule has 0 spiro atoms. The van der Waals surface area contributed by atoms with Gasteiger partial charge in [0.15, 0.2) is 0 Å². The van der Waals surface area contributed by atoms with Gasteiger partial charge in [-0.05, 0) is 29.5 Å². The second kappa shape index (κ2) is 2.74. The molecule has 1 heterocycles. The number of aromatic nitrogens is 1. The van der Waals surface area contributed by atoms with E-state index in [9.17, 15) is 0 Å². The van der Waals surface area contributed by atoms with E-state index in [0.29, 0.717) is 11.8 Å². The molecule has 12 heavy (non-hydrogen) atoms. The highest BCUT2D eigenvalue weighted by Crippen LogP contribution is 2.31. The summed E-state index contributed by atoms with van der Waals surface area (Å²) < 4.78 is 0. The third-order valence-corrected chi connectivity index (χ3v) is 2.71. The first-order valence-corrected chi connectivity index (χ1v) is 4.42. The van der Waals surface area contributed by atoms with E-state index in [-0.39, 0.29) is 0 Å². The Morgan fingerprint density at radius 1 is 1.33 bits per heavy atom. The fourth-order valence-electron chi connectivity index (χ4n) is 1.65. The number of hydrogen-bond donors (Lipinski definition) is 0. The molecule has 0 bridgehead atoms. The summed E-state index contributed by atoms with van der Waals surface area (Å²) in [7, 11) is 0. The summed E-state index contributed by atoms with van der Waals surface area (Å²) in [6, 6.07) is 4.19. The smallest absolute Gasteiger partial charge is 0.0661 e. The first-order chi connectivity index (χ1) is 5.79. The lowest BCUT2D eigenvalue weighted by Gasteiger charge is -2.22. The standard InChI is InChI=1S/C11H13N/c1-8-5-6-11-10(9(8)2)4-3-7-12-11/h3-9H,1-2H3/t8-,9+/m0/s1. The van der Waals surface area contributed by atoms with Gasteiger partial charge in [0.2, 0.25) is 0 Å². The largest absolute Gasteiger partial charge is 0.257 e. The highest BCUT2D eigenvalue weighted by Gasteiger charge is 2.18. The van der Waals surface area contributed by atoms with Crippen molar-refractivity contribution in [2.45, 2.75) is 19.8 Å². The average Bonchev–Trinajstić information content (AvgIpc) is 2.12. The van der Waals surface area contributed by atoms with Crippen LogP contribution in [-0.2, 0) is 0 Å². The van der Waals surface area contributed by atoms with Crippen molar-refractivity contribution in [2.24, 2.45) is 5.92 Å². The Balaban J connectivity index is 2.52. The van der Waals surface area contributed by atoms with E-state index >= 15 is 0 Å². The first kappa shape index (κ1) is 7.53. The number of rotatable bonds is 0.